The molecule has 0 aliphatic rings. The molecule has 0 radical (unpaired) electrons. The smallest absolute Gasteiger partial charge is 0.320 e. The van der Waals surface area contributed by atoms with Crippen LogP contribution in [0.1, 0.15) is 129 Å². The molecule has 192 valence electrons. The first kappa shape index (κ1) is 31.9. The molecule has 0 aliphatic heterocycles. The zero-order valence-corrected chi connectivity index (χ0v) is 23.2. The van der Waals surface area contributed by atoms with Crippen molar-refractivity contribution in [1.82, 2.24) is 0 Å². The lowest BCUT2D eigenvalue weighted by Crippen LogP contribution is -2.44. The van der Waals surface area contributed by atoms with Crippen LogP contribution in [-0.4, -0.2) is 42.9 Å². The first-order chi connectivity index (χ1) is 15.3. The van der Waals surface area contributed by atoms with Crippen molar-refractivity contribution < 1.29 is 18.5 Å². The van der Waals surface area contributed by atoms with Crippen molar-refractivity contribution >= 4 is 7.60 Å². The van der Waals surface area contributed by atoms with E-state index >= 15 is 0 Å². The third-order valence-corrected chi connectivity index (χ3v) is 8.68. The third kappa shape index (κ3) is 18.3. The minimum absolute atomic E-state index is 0.351. The first-order valence-electron chi connectivity index (χ1n) is 13.7. The van der Waals surface area contributed by atoms with Crippen LogP contribution in [0.2, 0.25) is 0 Å². The highest BCUT2D eigenvalue weighted by molar-refractivity contribution is 7.53. The number of allylic oxidation sites excluding steroid dienone is 2. The normalized spacial score (nSPS) is 15.3. The van der Waals surface area contributed by atoms with Crippen LogP contribution >= 0.6 is 7.60 Å². The molecule has 0 rings (SSSR count). The van der Waals surface area contributed by atoms with Crippen molar-refractivity contribution in [1.29, 1.82) is 0 Å². The number of hydrogen-bond acceptors (Lipinski definition) is 2. The predicted octanol–water partition coefficient (Wildman–Crippen LogP) is 8.84. The molecule has 2 atom stereocenters. The van der Waals surface area contributed by atoms with Gasteiger partial charge in [-0.25, -0.2) is 0 Å². The standard InChI is InChI=1S/C27H56NO3P/c1-6-8-9-10-11-12-13-14-15-16-17-18-19-20-21-22-23-24-25-26-31-32(29,30)27(7-2)28(3,4)5/h17-18,27H,6-16,19-26H2,1-5H3/p+1/b18-17-. The summed E-state index contributed by atoms with van der Waals surface area (Å²) < 4.78 is 18.4. The number of hydrogen-bond donors (Lipinski definition) is 1. The fourth-order valence-corrected chi connectivity index (χ4v) is 6.28. The molecule has 2 unspecified atom stereocenters. The molecule has 0 saturated carbocycles. The van der Waals surface area contributed by atoms with E-state index in [1.165, 1.54) is 96.3 Å². The summed E-state index contributed by atoms with van der Waals surface area (Å²) in [6, 6.07) is 0. The lowest BCUT2D eigenvalue weighted by molar-refractivity contribution is -0.883. The Hall–Kier alpha value is -0.150. The largest absolute Gasteiger partial charge is 0.385 e. The van der Waals surface area contributed by atoms with Crippen molar-refractivity contribution in [2.24, 2.45) is 0 Å². The van der Waals surface area contributed by atoms with Crippen LogP contribution in [0.5, 0.6) is 0 Å². The van der Waals surface area contributed by atoms with E-state index < -0.39 is 7.60 Å². The van der Waals surface area contributed by atoms with E-state index in [4.69, 9.17) is 4.52 Å². The maximum Gasteiger partial charge on any atom is 0.385 e. The Labute approximate surface area is 201 Å². The number of nitrogens with zero attached hydrogens (tertiary/aromatic N) is 1. The summed E-state index contributed by atoms with van der Waals surface area (Å²) in [5.74, 6) is -0.351. The Bertz CT molecular complexity index is 488. The van der Waals surface area contributed by atoms with Crippen molar-refractivity contribution in [2.75, 3.05) is 27.7 Å². The van der Waals surface area contributed by atoms with Gasteiger partial charge in [-0.3, -0.25) is 4.57 Å². The molecular weight excluding hydrogens is 417 g/mol. The van der Waals surface area contributed by atoms with Crippen LogP contribution in [-0.2, 0) is 9.09 Å². The average molecular weight is 475 g/mol. The van der Waals surface area contributed by atoms with E-state index in [2.05, 4.69) is 19.1 Å². The van der Waals surface area contributed by atoms with Gasteiger partial charge < -0.3 is 13.9 Å². The lowest BCUT2D eigenvalue weighted by atomic mass is 10.1. The summed E-state index contributed by atoms with van der Waals surface area (Å²) in [5, 5.41) is 0. The number of rotatable bonds is 23. The van der Waals surface area contributed by atoms with Gasteiger partial charge in [-0.15, -0.1) is 0 Å². The summed E-state index contributed by atoms with van der Waals surface area (Å²) in [5.41, 5.74) is 0. The minimum atomic E-state index is -3.55. The molecule has 0 fully saturated rings. The molecule has 0 spiro atoms. The van der Waals surface area contributed by atoms with E-state index in [1.54, 1.807) is 0 Å². The number of unbranched alkanes of at least 4 members (excludes halogenated alkanes) is 15. The predicted molar refractivity (Wildman–Crippen MR) is 141 cm³/mol. The van der Waals surface area contributed by atoms with Crippen LogP contribution in [0.15, 0.2) is 12.2 Å². The maximum absolute atomic E-state index is 12.5. The van der Waals surface area contributed by atoms with Gasteiger partial charge in [0, 0.05) is 6.42 Å². The van der Waals surface area contributed by atoms with Crippen LogP contribution in [0.3, 0.4) is 0 Å². The summed E-state index contributed by atoms with van der Waals surface area (Å²) in [7, 11) is 2.30. The van der Waals surface area contributed by atoms with E-state index in [1.807, 2.05) is 28.1 Å². The van der Waals surface area contributed by atoms with Gasteiger partial charge in [-0.05, 0) is 32.1 Å². The van der Waals surface area contributed by atoms with Crippen molar-refractivity contribution in [2.45, 2.75) is 135 Å². The molecule has 0 heterocycles. The first-order valence-corrected chi connectivity index (χ1v) is 15.3. The van der Waals surface area contributed by atoms with Gasteiger partial charge in [0.2, 0.25) is 0 Å². The van der Waals surface area contributed by atoms with Gasteiger partial charge in [0.05, 0.1) is 27.7 Å². The number of quaternary nitrogens is 1. The Kier molecular flexibility index (Phi) is 20.1. The second kappa shape index (κ2) is 20.2. The van der Waals surface area contributed by atoms with E-state index in [0.29, 0.717) is 17.5 Å². The zero-order valence-electron chi connectivity index (χ0n) is 22.3. The Balaban J connectivity index is 3.46. The highest BCUT2D eigenvalue weighted by Crippen LogP contribution is 2.51. The molecule has 0 aromatic rings. The SMILES string of the molecule is CCCCCCCCCCC/C=C\CCCCCCCCOP(=O)(O)C(CC)[N+](C)(C)C. The second-order valence-electron chi connectivity index (χ2n) is 10.4. The highest BCUT2D eigenvalue weighted by atomic mass is 31.2. The molecule has 0 aromatic carbocycles. The third-order valence-electron chi connectivity index (χ3n) is 6.32. The average Bonchev–Trinajstić information content (AvgIpc) is 2.71. The molecule has 0 amide bonds. The molecule has 4 nitrogen and oxygen atoms in total. The van der Waals surface area contributed by atoms with Gasteiger partial charge in [-0.1, -0.05) is 103 Å². The van der Waals surface area contributed by atoms with E-state index in [-0.39, 0.29) is 5.78 Å². The monoisotopic (exact) mass is 474 g/mol. The topological polar surface area (TPSA) is 46.5 Å². The molecule has 5 heteroatoms. The quantitative estimate of drug-likeness (QED) is 0.0696. The van der Waals surface area contributed by atoms with Crippen LogP contribution < -0.4 is 0 Å². The molecule has 0 aromatic heterocycles. The summed E-state index contributed by atoms with van der Waals surface area (Å²) >= 11 is 0. The summed E-state index contributed by atoms with van der Waals surface area (Å²) in [4.78, 5) is 10.3. The molecule has 32 heavy (non-hydrogen) atoms. The van der Waals surface area contributed by atoms with Gasteiger partial charge in [-0.2, -0.15) is 0 Å². The van der Waals surface area contributed by atoms with Crippen LogP contribution in [0, 0.1) is 0 Å². The van der Waals surface area contributed by atoms with Gasteiger partial charge >= 0.3 is 7.60 Å². The van der Waals surface area contributed by atoms with Crippen molar-refractivity contribution in [3.63, 3.8) is 0 Å². The maximum atomic E-state index is 12.5. The van der Waals surface area contributed by atoms with Crippen LogP contribution in [0.25, 0.3) is 0 Å². The molecular formula is C27H57NO3P+. The minimum Gasteiger partial charge on any atom is -0.320 e. The zero-order chi connectivity index (χ0) is 24.1. The molecule has 0 bridgehead atoms. The van der Waals surface area contributed by atoms with Gasteiger partial charge in [0.25, 0.3) is 0 Å². The van der Waals surface area contributed by atoms with Crippen molar-refractivity contribution in [3.05, 3.63) is 12.2 Å². The molecule has 1 N–H and O–H groups in total. The van der Waals surface area contributed by atoms with Crippen LogP contribution in [0.4, 0.5) is 0 Å². The summed E-state index contributed by atoms with van der Waals surface area (Å²) in [6.45, 7) is 4.63. The Morgan fingerprint density at radius 1 is 0.719 bits per heavy atom. The van der Waals surface area contributed by atoms with Gasteiger partial charge in [0.1, 0.15) is 0 Å². The fraction of sp³-hybridized carbons (Fsp3) is 0.926. The molecule has 0 aliphatic carbocycles. The van der Waals surface area contributed by atoms with E-state index in [9.17, 15) is 9.46 Å². The fourth-order valence-electron chi connectivity index (χ4n) is 4.38. The van der Waals surface area contributed by atoms with Crippen molar-refractivity contribution in [3.8, 4) is 0 Å². The lowest BCUT2D eigenvalue weighted by Gasteiger charge is -2.35. The Morgan fingerprint density at radius 2 is 1.12 bits per heavy atom. The van der Waals surface area contributed by atoms with Gasteiger partial charge in [0.15, 0.2) is 5.78 Å². The molecule has 0 saturated heterocycles. The highest BCUT2D eigenvalue weighted by Gasteiger charge is 2.41. The second-order valence-corrected chi connectivity index (χ2v) is 12.4. The Morgan fingerprint density at radius 3 is 1.53 bits per heavy atom. The summed E-state index contributed by atoms with van der Waals surface area (Å²) in [6.07, 6.45) is 27.4. The van der Waals surface area contributed by atoms with E-state index in [0.717, 1.165) is 12.8 Å².